The van der Waals surface area contributed by atoms with Crippen LogP contribution < -0.4 is 0 Å². The monoisotopic (exact) mass is 464 g/mol. The zero-order valence-corrected chi connectivity index (χ0v) is 15.2. The molecule has 0 heterocycles. The van der Waals surface area contributed by atoms with Crippen LogP contribution in [0.3, 0.4) is 0 Å². The summed E-state index contributed by atoms with van der Waals surface area (Å²) in [6.45, 7) is -8.93. The van der Waals surface area contributed by atoms with Crippen LogP contribution in [-0.2, 0) is 9.59 Å². The van der Waals surface area contributed by atoms with E-state index in [-0.39, 0.29) is 9.80 Å². The second-order valence-electron chi connectivity index (χ2n) is 5.78. The molecular weight excluding hydrogens is 444 g/mol. The Kier molecular flexibility index (Phi) is 9.88. The summed E-state index contributed by atoms with van der Waals surface area (Å²) in [6, 6.07) is 0. The molecule has 0 bridgehead atoms. The molecule has 0 rings (SSSR count). The fourth-order valence-corrected chi connectivity index (χ4v) is 2.17. The normalized spacial score (nSPS) is 13.3. The van der Waals surface area contributed by atoms with Crippen molar-refractivity contribution in [3.8, 4) is 0 Å². The van der Waals surface area contributed by atoms with E-state index in [1.165, 1.54) is 0 Å². The van der Waals surface area contributed by atoms with E-state index in [0.29, 0.717) is 0 Å². The molecule has 178 valence electrons. The fourth-order valence-electron chi connectivity index (χ4n) is 2.17. The molecule has 8 nitrogen and oxygen atoms in total. The topological polar surface area (TPSA) is 122 Å². The SMILES string of the molecule is O=C(N(CCO)CCO)C(F)(F)C(F)(F)C(F)(F)C(F)(F)C(=O)N(CCO)CCO. The lowest BCUT2D eigenvalue weighted by Crippen LogP contribution is -2.69. The molecule has 2 amide bonds. The maximum atomic E-state index is 14.0. The summed E-state index contributed by atoms with van der Waals surface area (Å²) in [5.74, 6) is -33.4. The number of carbonyl (C=O) groups is 2. The number of halogens is 8. The van der Waals surface area contributed by atoms with Crippen LogP contribution >= 0.6 is 0 Å². The first-order chi connectivity index (χ1) is 13.6. The maximum absolute atomic E-state index is 14.0. The summed E-state index contributed by atoms with van der Waals surface area (Å²) in [5.41, 5.74) is 0. The van der Waals surface area contributed by atoms with E-state index in [1.807, 2.05) is 0 Å². The van der Waals surface area contributed by atoms with Crippen LogP contribution in [0.2, 0.25) is 0 Å². The van der Waals surface area contributed by atoms with Crippen LogP contribution in [0.4, 0.5) is 35.1 Å². The Balaban J connectivity index is 6.17. The van der Waals surface area contributed by atoms with Crippen molar-refractivity contribution in [1.29, 1.82) is 0 Å². The number of nitrogens with zero attached hydrogens (tertiary/aromatic N) is 2. The highest BCUT2D eigenvalue weighted by molar-refractivity contribution is 5.87. The van der Waals surface area contributed by atoms with Crippen molar-refractivity contribution in [2.45, 2.75) is 23.7 Å². The minimum atomic E-state index is -7.11. The van der Waals surface area contributed by atoms with Gasteiger partial charge in [0.1, 0.15) is 0 Å². The molecule has 0 spiro atoms. The number of amides is 2. The molecular formula is C14H20F8N2O6. The summed E-state index contributed by atoms with van der Waals surface area (Å²) in [7, 11) is 0. The second-order valence-corrected chi connectivity index (χ2v) is 5.78. The van der Waals surface area contributed by atoms with Crippen molar-refractivity contribution in [3.63, 3.8) is 0 Å². The zero-order chi connectivity index (χ0) is 24.0. The van der Waals surface area contributed by atoms with Gasteiger partial charge in [-0.1, -0.05) is 0 Å². The smallest absolute Gasteiger partial charge is 0.392 e. The Labute approximate surface area is 164 Å². The van der Waals surface area contributed by atoms with Crippen molar-refractivity contribution >= 4 is 11.8 Å². The van der Waals surface area contributed by atoms with E-state index in [0.717, 1.165) is 0 Å². The van der Waals surface area contributed by atoms with Crippen LogP contribution in [0.5, 0.6) is 0 Å². The summed E-state index contributed by atoms with van der Waals surface area (Å²) in [4.78, 5) is 22.5. The van der Waals surface area contributed by atoms with Gasteiger partial charge in [0.25, 0.3) is 11.8 Å². The summed E-state index contributed by atoms with van der Waals surface area (Å²) >= 11 is 0. The van der Waals surface area contributed by atoms with Crippen molar-refractivity contribution in [1.82, 2.24) is 9.80 Å². The molecule has 0 aromatic heterocycles. The lowest BCUT2D eigenvalue weighted by molar-refractivity contribution is -0.350. The first-order valence-corrected chi connectivity index (χ1v) is 8.15. The molecule has 0 fully saturated rings. The number of aliphatic hydroxyl groups is 4. The standard InChI is InChI=1S/C14H20F8N2O6/c15-11(16,9(29)23(1-5-25)2-6-26)13(19,20)14(21,22)12(17,18)10(30)24(3-7-27)4-8-28/h25-28H,1-8H2. The van der Waals surface area contributed by atoms with E-state index in [9.17, 15) is 44.7 Å². The number of hydrogen-bond donors (Lipinski definition) is 4. The van der Waals surface area contributed by atoms with Gasteiger partial charge in [-0.15, -0.1) is 0 Å². The molecule has 0 unspecified atom stereocenters. The first-order valence-electron chi connectivity index (χ1n) is 8.15. The highest BCUT2D eigenvalue weighted by Gasteiger charge is 2.85. The van der Waals surface area contributed by atoms with Crippen LogP contribution in [0.1, 0.15) is 0 Å². The van der Waals surface area contributed by atoms with Gasteiger partial charge in [0.15, 0.2) is 0 Å². The van der Waals surface area contributed by atoms with Gasteiger partial charge in [-0.3, -0.25) is 9.59 Å². The summed E-state index contributed by atoms with van der Waals surface area (Å²) in [5, 5.41) is 34.6. The minimum absolute atomic E-state index is 0.353. The molecule has 0 aliphatic rings. The molecule has 0 aromatic rings. The van der Waals surface area contributed by atoms with E-state index < -0.39 is 88.1 Å². The molecule has 0 aliphatic carbocycles. The zero-order valence-electron chi connectivity index (χ0n) is 15.2. The van der Waals surface area contributed by atoms with Crippen LogP contribution in [-0.4, -0.2) is 118 Å². The molecule has 0 aromatic carbocycles. The number of hydrogen-bond acceptors (Lipinski definition) is 6. The lowest BCUT2D eigenvalue weighted by atomic mass is 9.96. The minimum Gasteiger partial charge on any atom is -0.395 e. The third-order valence-corrected chi connectivity index (χ3v) is 3.77. The van der Waals surface area contributed by atoms with Gasteiger partial charge in [0.2, 0.25) is 0 Å². The van der Waals surface area contributed by atoms with E-state index in [4.69, 9.17) is 20.4 Å². The Hall–Kier alpha value is -1.78. The van der Waals surface area contributed by atoms with Gasteiger partial charge in [0, 0.05) is 26.2 Å². The van der Waals surface area contributed by atoms with Gasteiger partial charge < -0.3 is 30.2 Å². The molecule has 0 saturated heterocycles. The van der Waals surface area contributed by atoms with Crippen LogP contribution in [0, 0.1) is 0 Å². The Bertz CT molecular complexity index is 531. The maximum Gasteiger partial charge on any atom is 0.392 e. The predicted octanol–water partition coefficient (Wildman–Crippen LogP) is -0.846. The number of carbonyl (C=O) groups excluding carboxylic acids is 2. The van der Waals surface area contributed by atoms with Gasteiger partial charge in [-0.2, -0.15) is 35.1 Å². The lowest BCUT2D eigenvalue weighted by Gasteiger charge is -2.38. The molecule has 0 radical (unpaired) electrons. The second kappa shape index (κ2) is 10.5. The third-order valence-electron chi connectivity index (χ3n) is 3.77. The number of rotatable bonds is 13. The Morgan fingerprint density at radius 2 is 0.733 bits per heavy atom. The van der Waals surface area contributed by atoms with Crippen molar-refractivity contribution in [2.75, 3.05) is 52.6 Å². The number of aliphatic hydroxyl groups excluding tert-OH is 4. The van der Waals surface area contributed by atoms with Crippen molar-refractivity contribution in [3.05, 3.63) is 0 Å². The summed E-state index contributed by atoms with van der Waals surface area (Å²) < 4.78 is 112. The fraction of sp³-hybridized carbons (Fsp3) is 0.857. The van der Waals surface area contributed by atoms with E-state index in [2.05, 4.69) is 0 Å². The molecule has 4 N–H and O–H groups in total. The Morgan fingerprint density at radius 1 is 0.533 bits per heavy atom. The average molecular weight is 464 g/mol. The van der Waals surface area contributed by atoms with E-state index in [1.54, 1.807) is 0 Å². The van der Waals surface area contributed by atoms with Gasteiger partial charge >= 0.3 is 23.7 Å². The van der Waals surface area contributed by atoms with Gasteiger partial charge in [0.05, 0.1) is 26.4 Å². The number of alkyl halides is 8. The summed E-state index contributed by atoms with van der Waals surface area (Å²) in [6.07, 6.45) is 0. The molecule has 30 heavy (non-hydrogen) atoms. The van der Waals surface area contributed by atoms with E-state index >= 15 is 0 Å². The average Bonchev–Trinajstić information content (AvgIpc) is 2.65. The quantitative estimate of drug-likeness (QED) is 0.264. The molecule has 16 heteroatoms. The highest BCUT2D eigenvalue weighted by Crippen LogP contribution is 2.53. The van der Waals surface area contributed by atoms with Crippen molar-refractivity contribution in [2.24, 2.45) is 0 Å². The highest BCUT2D eigenvalue weighted by atomic mass is 19.4. The predicted molar refractivity (Wildman–Crippen MR) is 81.3 cm³/mol. The van der Waals surface area contributed by atoms with Crippen molar-refractivity contribution < 1.29 is 65.1 Å². The van der Waals surface area contributed by atoms with Gasteiger partial charge in [-0.25, -0.2) is 0 Å². The largest absolute Gasteiger partial charge is 0.395 e. The molecule has 0 saturated carbocycles. The van der Waals surface area contributed by atoms with Crippen LogP contribution in [0.15, 0.2) is 0 Å². The molecule has 0 aliphatic heterocycles. The first kappa shape index (κ1) is 28.2. The van der Waals surface area contributed by atoms with Gasteiger partial charge in [-0.05, 0) is 0 Å². The third kappa shape index (κ3) is 5.09. The molecule has 0 atom stereocenters. The van der Waals surface area contributed by atoms with Crippen LogP contribution in [0.25, 0.3) is 0 Å². The Morgan fingerprint density at radius 3 is 0.900 bits per heavy atom.